The van der Waals surface area contributed by atoms with Crippen LogP contribution in [0, 0.1) is 6.92 Å². The first-order chi connectivity index (χ1) is 13.4. The molecule has 0 aliphatic heterocycles. The van der Waals surface area contributed by atoms with Gasteiger partial charge in [-0.1, -0.05) is 23.8 Å². The lowest BCUT2D eigenvalue weighted by atomic mass is 9.97. The van der Waals surface area contributed by atoms with Crippen LogP contribution < -0.4 is 10.0 Å². The summed E-state index contributed by atoms with van der Waals surface area (Å²) in [5.74, 6) is -0.272. The van der Waals surface area contributed by atoms with Gasteiger partial charge in [0.2, 0.25) is 10.0 Å². The fourth-order valence-corrected chi connectivity index (χ4v) is 4.30. The quantitative estimate of drug-likeness (QED) is 0.678. The average Bonchev–Trinajstić information content (AvgIpc) is 2.69. The third-order valence-electron chi connectivity index (χ3n) is 4.83. The van der Waals surface area contributed by atoms with E-state index in [1.807, 2.05) is 31.2 Å². The molecule has 0 saturated carbocycles. The van der Waals surface area contributed by atoms with Crippen LogP contribution in [0.25, 0.3) is 0 Å². The lowest BCUT2D eigenvalue weighted by Crippen LogP contribution is -2.25. The van der Waals surface area contributed by atoms with Gasteiger partial charge in [0.05, 0.1) is 4.90 Å². The number of benzene rings is 2. The fraction of sp³-hybridized carbons (Fsp3) is 0.318. The Hall–Kier alpha value is -2.44. The molecule has 0 bridgehead atoms. The number of sulfonamides is 1. The number of anilines is 1. The van der Waals surface area contributed by atoms with Crippen LogP contribution in [0.15, 0.2) is 65.1 Å². The summed E-state index contributed by atoms with van der Waals surface area (Å²) in [6, 6.07) is 13.5. The third-order valence-corrected chi connectivity index (χ3v) is 6.30. The van der Waals surface area contributed by atoms with Gasteiger partial charge in [-0.2, -0.15) is 0 Å². The maximum Gasteiger partial charge on any atom is 0.255 e. The molecule has 0 atom stereocenters. The Kier molecular flexibility index (Phi) is 6.65. The molecule has 0 radical (unpaired) electrons. The highest BCUT2D eigenvalue weighted by molar-refractivity contribution is 7.89. The number of hydrogen-bond acceptors (Lipinski definition) is 3. The van der Waals surface area contributed by atoms with Crippen molar-refractivity contribution < 1.29 is 13.2 Å². The number of hydrogen-bond donors (Lipinski definition) is 2. The third kappa shape index (κ3) is 5.53. The van der Waals surface area contributed by atoms with Gasteiger partial charge in [0.25, 0.3) is 5.91 Å². The number of carbonyl (C=O) groups is 1. The van der Waals surface area contributed by atoms with Gasteiger partial charge in [-0.25, -0.2) is 13.1 Å². The van der Waals surface area contributed by atoms with Crippen molar-refractivity contribution in [2.75, 3.05) is 11.9 Å². The summed E-state index contributed by atoms with van der Waals surface area (Å²) in [6.45, 7) is 2.34. The Morgan fingerprint density at radius 3 is 2.54 bits per heavy atom. The van der Waals surface area contributed by atoms with E-state index in [2.05, 4.69) is 16.1 Å². The van der Waals surface area contributed by atoms with Gasteiger partial charge in [0.15, 0.2) is 0 Å². The monoisotopic (exact) mass is 398 g/mol. The lowest BCUT2D eigenvalue weighted by Gasteiger charge is -2.13. The molecule has 148 valence electrons. The zero-order valence-electron chi connectivity index (χ0n) is 16.1. The molecular weight excluding hydrogens is 372 g/mol. The van der Waals surface area contributed by atoms with Gasteiger partial charge in [0.1, 0.15) is 0 Å². The Morgan fingerprint density at radius 1 is 1.07 bits per heavy atom. The summed E-state index contributed by atoms with van der Waals surface area (Å²) >= 11 is 0. The van der Waals surface area contributed by atoms with Gasteiger partial charge < -0.3 is 5.32 Å². The highest BCUT2D eigenvalue weighted by Crippen LogP contribution is 2.20. The molecule has 3 rings (SSSR count). The summed E-state index contributed by atoms with van der Waals surface area (Å²) in [5.41, 5.74) is 3.50. The second kappa shape index (κ2) is 9.17. The van der Waals surface area contributed by atoms with Crippen LogP contribution in [-0.4, -0.2) is 20.9 Å². The molecule has 2 N–H and O–H groups in total. The minimum absolute atomic E-state index is 0.164. The summed E-state index contributed by atoms with van der Waals surface area (Å²) in [4.78, 5) is 12.5. The standard InChI is InChI=1S/C22H26N2O3S/c1-17-6-5-9-20(16-17)24-22(25)19-10-12-21(13-11-19)28(26,27)23-15-14-18-7-3-2-4-8-18/h5-7,9-13,16,23H,2-4,8,14-15H2,1H3,(H,24,25). The average molecular weight is 399 g/mol. The van der Waals surface area contributed by atoms with E-state index < -0.39 is 10.0 Å². The van der Waals surface area contributed by atoms with E-state index in [4.69, 9.17) is 0 Å². The largest absolute Gasteiger partial charge is 0.322 e. The topological polar surface area (TPSA) is 75.3 Å². The molecule has 2 aromatic carbocycles. The highest BCUT2D eigenvalue weighted by atomic mass is 32.2. The Labute approximate surface area is 166 Å². The number of nitrogens with one attached hydrogen (secondary N) is 2. The van der Waals surface area contributed by atoms with Crippen molar-refractivity contribution in [3.8, 4) is 0 Å². The molecule has 0 unspecified atom stereocenters. The van der Waals surface area contributed by atoms with Crippen LogP contribution in [0.3, 0.4) is 0 Å². The zero-order chi connectivity index (χ0) is 20.0. The minimum Gasteiger partial charge on any atom is -0.322 e. The SMILES string of the molecule is Cc1cccc(NC(=O)c2ccc(S(=O)(=O)NCCC3=CCCCC3)cc2)c1. The van der Waals surface area contributed by atoms with Crippen LogP contribution in [0.5, 0.6) is 0 Å². The van der Waals surface area contributed by atoms with Gasteiger partial charge in [-0.3, -0.25) is 4.79 Å². The summed E-state index contributed by atoms with van der Waals surface area (Å²) in [5, 5.41) is 2.82. The van der Waals surface area contributed by atoms with Gasteiger partial charge >= 0.3 is 0 Å². The molecule has 6 heteroatoms. The maximum absolute atomic E-state index is 12.5. The molecule has 1 aliphatic carbocycles. The van der Waals surface area contributed by atoms with Gasteiger partial charge in [-0.15, -0.1) is 0 Å². The van der Waals surface area contributed by atoms with E-state index >= 15 is 0 Å². The van der Waals surface area contributed by atoms with E-state index in [1.165, 1.54) is 42.7 Å². The summed E-state index contributed by atoms with van der Waals surface area (Å²) in [6.07, 6.45) is 7.53. The second-order valence-electron chi connectivity index (χ2n) is 7.10. The predicted molar refractivity (Wildman–Crippen MR) is 112 cm³/mol. The highest BCUT2D eigenvalue weighted by Gasteiger charge is 2.15. The minimum atomic E-state index is -3.58. The van der Waals surface area contributed by atoms with Gasteiger partial charge in [0, 0.05) is 17.8 Å². The predicted octanol–water partition coefficient (Wildman–Crippen LogP) is 4.42. The van der Waals surface area contributed by atoms with Crippen LogP contribution in [-0.2, 0) is 10.0 Å². The van der Waals surface area contributed by atoms with Crippen molar-refractivity contribution >= 4 is 21.6 Å². The van der Waals surface area contributed by atoms with Crippen LogP contribution in [0.4, 0.5) is 5.69 Å². The van der Waals surface area contributed by atoms with Gasteiger partial charge in [-0.05, 0) is 81.0 Å². The molecule has 0 fully saturated rings. The van der Waals surface area contributed by atoms with E-state index in [-0.39, 0.29) is 10.8 Å². The Morgan fingerprint density at radius 2 is 1.86 bits per heavy atom. The van der Waals surface area contributed by atoms with Crippen molar-refractivity contribution in [1.82, 2.24) is 4.72 Å². The van der Waals surface area contributed by atoms with Crippen molar-refractivity contribution in [3.05, 3.63) is 71.3 Å². The summed E-state index contributed by atoms with van der Waals surface area (Å²) < 4.78 is 27.6. The summed E-state index contributed by atoms with van der Waals surface area (Å²) in [7, 11) is -3.58. The first kappa shape index (κ1) is 20.3. The maximum atomic E-state index is 12.5. The van der Waals surface area contributed by atoms with Crippen LogP contribution in [0.1, 0.15) is 48.0 Å². The number of amides is 1. The second-order valence-corrected chi connectivity index (χ2v) is 8.87. The normalized spacial score (nSPS) is 14.4. The van der Waals surface area contributed by atoms with E-state index in [1.54, 1.807) is 0 Å². The number of allylic oxidation sites excluding steroid dienone is 1. The molecular formula is C22H26N2O3S. The molecule has 0 spiro atoms. The first-order valence-electron chi connectivity index (χ1n) is 9.60. The number of rotatable bonds is 7. The van der Waals surface area contributed by atoms with Crippen molar-refractivity contribution in [3.63, 3.8) is 0 Å². The van der Waals surface area contributed by atoms with Crippen molar-refractivity contribution in [2.24, 2.45) is 0 Å². The first-order valence-corrected chi connectivity index (χ1v) is 11.1. The Bertz CT molecular complexity index is 964. The molecule has 28 heavy (non-hydrogen) atoms. The molecule has 1 amide bonds. The fourth-order valence-electron chi connectivity index (χ4n) is 3.27. The number of aryl methyl sites for hydroxylation is 1. The molecule has 0 saturated heterocycles. The Balaban J connectivity index is 1.59. The smallest absolute Gasteiger partial charge is 0.255 e. The van der Waals surface area contributed by atoms with E-state index in [0.29, 0.717) is 17.8 Å². The molecule has 2 aromatic rings. The van der Waals surface area contributed by atoms with Crippen molar-refractivity contribution in [1.29, 1.82) is 0 Å². The van der Waals surface area contributed by atoms with E-state index in [9.17, 15) is 13.2 Å². The van der Waals surface area contributed by atoms with Crippen molar-refractivity contribution in [2.45, 2.75) is 43.9 Å². The number of carbonyl (C=O) groups excluding carboxylic acids is 1. The molecule has 0 aromatic heterocycles. The zero-order valence-corrected chi connectivity index (χ0v) is 16.9. The molecule has 0 heterocycles. The lowest BCUT2D eigenvalue weighted by molar-refractivity contribution is 0.102. The van der Waals surface area contributed by atoms with Crippen LogP contribution >= 0.6 is 0 Å². The molecule has 1 aliphatic rings. The van der Waals surface area contributed by atoms with Crippen LogP contribution in [0.2, 0.25) is 0 Å². The van der Waals surface area contributed by atoms with E-state index in [0.717, 1.165) is 24.8 Å². The molecule has 5 nitrogen and oxygen atoms in total.